The summed E-state index contributed by atoms with van der Waals surface area (Å²) in [6, 6.07) is 150. The molecule has 0 saturated heterocycles. The third-order valence-corrected chi connectivity index (χ3v) is 26.7. The Balaban J connectivity index is 0.000000106. The fourth-order valence-corrected chi connectivity index (χ4v) is 20.8. The molecule has 0 fully saturated rings. The molecule has 0 aliphatic heterocycles. The number of furan rings is 6. The second-order valence-corrected chi connectivity index (χ2v) is 35.4. The predicted octanol–water partition coefficient (Wildman–Crippen LogP) is 36.5. The Bertz CT molecular complexity index is 8890. The SMILES string of the molecule is CC(C)(C)c1ccc2c(-c3cc4ccccc4o3)c3cc4ccccc4cc3c(-c3cc4ccccc4o3)c2c1.Cc1c2ccccc2c(-c2ccccc2)c2c(-c3cc4ccccc4o3)c3ccccc3c(-c3cc4ccccc4o3)c12.c1ccc(-c2c3ccccc3c(-c3ccccc3)c3c(-c4cc5ccccc5o4)c4ccccc4c(-c4cc5ccccc5o4)c23)cc1. The molecule has 27 aromatic rings. The Kier molecular flexibility index (Phi) is 18.0. The lowest BCUT2D eigenvalue weighted by Crippen LogP contribution is -2.10. The van der Waals surface area contributed by atoms with Gasteiger partial charge < -0.3 is 26.5 Å². The molecule has 6 aromatic heterocycles. The van der Waals surface area contributed by atoms with E-state index in [2.05, 4.69) is 392 Å². The molecule has 0 radical (unpaired) electrons. The highest BCUT2D eigenvalue weighted by Gasteiger charge is 2.32. The fourth-order valence-electron chi connectivity index (χ4n) is 20.8. The Morgan fingerprint density at radius 2 is 0.374 bits per heavy atom. The topological polar surface area (TPSA) is 78.8 Å². The van der Waals surface area contributed by atoms with Crippen molar-refractivity contribution in [3.63, 3.8) is 0 Å². The summed E-state index contributed by atoms with van der Waals surface area (Å²) in [5, 5.41) is 27.6. The van der Waals surface area contributed by atoms with Gasteiger partial charge in [0.2, 0.25) is 0 Å². The van der Waals surface area contributed by atoms with Gasteiger partial charge in [0.05, 0.1) is 0 Å². The van der Waals surface area contributed by atoms with Gasteiger partial charge in [-0.15, -0.1) is 0 Å². The van der Waals surface area contributed by atoms with Crippen LogP contribution in [0.1, 0.15) is 31.9 Å². The van der Waals surface area contributed by atoms with Gasteiger partial charge in [-0.2, -0.15) is 0 Å². The molecule has 21 aromatic carbocycles. The zero-order valence-electron chi connectivity index (χ0n) is 72.4. The van der Waals surface area contributed by atoms with Crippen molar-refractivity contribution in [2.24, 2.45) is 0 Å². The maximum atomic E-state index is 6.79. The minimum Gasteiger partial charge on any atom is -0.456 e. The fraction of sp³-hybridized carbons (Fsp3) is 0.0400. The van der Waals surface area contributed by atoms with Crippen molar-refractivity contribution >= 4 is 163 Å². The number of rotatable bonds is 9. The molecule has 131 heavy (non-hydrogen) atoms. The highest BCUT2D eigenvalue weighted by molar-refractivity contribution is 6.35. The average Bonchev–Trinajstić information content (AvgIpc) is 1.68. The molecule has 0 unspecified atom stereocenters. The van der Waals surface area contributed by atoms with Gasteiger partial charge in [0, 0.05) is 81.9 Å². The van der Waals surface area contributed by atoms with E-state index in [0.29, 0.717) is 0 Å². The molecule has 6 heteroatoms. The number of benzene rings is 21. The molecule has 0 spiro atoms. The van der Waals surface area contributed by atoms with Gasteiger partial charge in [0.25, 0.3) is 0 Å². The highest BCUT2D eigenvalue weighted by Crippen LogP contribution is 2.58. The third kappa shape index (κ3) is 12.8. The number of hydrogen-bond donors (Lipinski definition) is 0. The average molecular weight is 1680 g/mol. The monoisotopic (exact) mass is 1680 g/mol. The zero-order valence-corrected chi connectivity index (χ0v) is 72.4. The molecule has 0 aliphatic carbocycles. The predicted molar refractivity (Wildman–Crippen MR) is 548 cm³/mol. The lowest BCUT2D eigenvalue weighted by molar-refractivity contribution is 0.591. The Morgan fingerprint density at radius 3 is 0.672 bits per heavy atom. The van der Waals surface area contributed by atoms with E-state index in [-0.39, 0.29) is 5.41 Å². The Hall–Kier alpha value is -16.8. The van der Waals surface area contributed by atoms with Crippen LogP contribution in [0.15, 0.2) is 451 Å². The van der Waals surface area contributed by atoms with Crippen molar-refractivity contribution in [1.82, 2.24) is 0 Å². The first kappa shape index (κ1) is 76.6. The first-order chi connectivity index (χ1) is 64.5. The quantitative estimate of drug-likeness (QED) is 0.134. The summed E-state index contributed by atoms with van der Waals surface area (Å²) < 4.78 is 40.0. The van der Waals surface area contributed by atoms with Crippen LogP contribution in [0.2, 0.25) is 0 Å². The summed E-state index contributed by atoms with van der Waals surface area (Å²) in [7, 11) is 0. The normalized spacial score (nSPS) is 12.0. The zero-order chi connectivity index (χ0) is 87.1. The second-order valence-electron chi connectivity index (χ2n) is 35.4. The lowest BCUT2D eigenvalue weighted by atomic mass is 9.79. The summed E-state index contributed by atoms with van der Waals surface area (Å²) in [4.78, 5) is 0. The van der Waals surface area contributed by atoms with Crippen molar-refractivity contribution in [2.45, 2.75) is 33.1 Å². The van der Waals surface area contributed by atoms with E-state index >= 15 is 0 Å². The van der Waals surface area contributed by atoms with Crippen LogP contribution >= 0.6 is 0 Å². The highest BCUT2D eigenvalue weighted by atomic mass is 16.4. The van der Waals surface area contributed by atoms with Gasteiger partial charge in [-0.25, -0.2) is 0 Å². The molecule has 0 bridgehead atoms. The molecular formula is C125H82O6. The number of hydrogen-bond acceptors (Lipinski definition) is 6. The first-order valence-corrected chi connectivity index (χ1v) is 44.9. The van der Waals surface area contributed by atoms with Gasteiger partial charge in [-0.05, 0) is 229 Å². The van der Waals surface area contributed by atoms with Crippen LogP contribution in [0.5, 0.6) is 0 Å². The van der Waals surface area contributed by atoms with E-state index in [1.54, 1.807) is 0 Å². The van der Waals surface area contributed by atoms with E-state index in [1.807, 2.05) is 60.7 Å². The van der Waals surface area contributed by atoms with Crippen LogP contribution in [0, 0.1) is 6.92 Å². The largest absolute Gasteiger partial charge is 0.456 e. The first-order valence-electron chi connectivity index (χ1n) is 44.9. The van der Waals surface area contributed by atoms with E-state index in [9.17, 15) is 0 Å². The molecule has 0 atom stereocenters. The Labute approximate surface area is 754 Å². The van der Waals surface area contributed by atoms with Crippen LogP contribution in [0.25, 0.3) is 264 Å². The number of para-hydroxylation sites is 6. The number of fused-ring (bicyclic) bond motifs is 15. The summed E-state index contributed by atoms with van der Waals surface area (Å²) in [5.41, 5.74) is 21.5. The molecule has 0 amide bonds. The Morgan fingerprint density at radius 1 is 0.160 bits per heavy atom. The van der Waals surface area contributed by atoms with Crippen LogP contribution in [-0.2, 0) is 5.41 Å². The summed E-state index contributed by atoms with van der Waals surface area (Å²) >= 11 is 0. The van der Waals surface area contributed by atoms with Gasteiger partial charge in [0.15, 0.2) is 0 Å². The van der Waals surface area contributed by atoms with E-state index < -0.39 is 0 Å². The van der Waals surface area contributed by atoms with Crippen LogP contribution in [0.4, 0.5) is 0 Å². The van der Waals surface area contributed by atoms with E-state index in [4.69, 9.17) is 26.5 Å². The smallest absolute Gasteiger partial charge is 0.136 e. The van der Waals surface area contributed by atoms with Crippen LogP contribution in [0.3, 0.4) is 0 Å². The van der Waals surface area contributed by atoms with E-state index in [0.717, 1.165) is 193 Å². The molecule has 27 rings (SSSR count). The van der Waals surface area contributed by atoms with Gasteiger partial charge in [-0.3, -0.25) is 0 Å². The molecule has 0 aliphatic rings. The summed E-state index contributed by atoms with van der Waals surface area (Å²) in [6.07, 6.45) is 0. The maximum absolute atomic E-state index is 6.79. The van der Waals surface area contributed by atoms with Gasteiger partial charge >= 0.3 is 0 Å². The van der Waals surface area contributed by atoms with Gasteiger partial charge in [0.1, 0.15) is 68.1 Å². The van der Waals surface area contributed by atoms with Crippen molar-refractivity contribution in [3.05, 3.63) is 436 Å². The minimum atomic E-state index is -0.00277. The molecule has 0 saturated carbocycles. The van der Waals surface area contributed by atoms with Crippen molar-refractivity contribution in [2.75, 3.05) is 0 Å². The van der Waals surface area contributed by atoms with E-state index in [1.165, 1.54) is 81.9 Å². The third-order valence-electron chi connectivity index (χ3n) is 26.7. The van der Waals surface area contributed by atoms with Crippen molar-refractivity contribution in [1.29, 1.82) is 0 Å². The van der Waals surface area contributed by atoms with Crippen molar-refractivity contribution in [3.8, 4) is 101 Å². The lowest BCUT2D eigenvalue weighted by Gasteiger charge is -2.23. The molecule has 6 nitrogen and oxygen atoms in total. The summed E-state index contributed by atoms with van der Waals surface area (Å²) in [5.74, 6) is 5.20. The number of aryl methyl sites for hydroxylation is 1. The molecule has 6 heterocycles. The van der Waals surface area contributed by atoms with Gasteiger partial charge in [-0.1, -0.05) is 354 Å². The molecule has 618 valence electrons. The van der Waals surface area contributed by atoms with Crippen LogP contribution in [-0.4, -0.2) is 0 Å². The summed E-state index contributed by atoms with van der Waals surface area (Å²) in [6.45, 7) is 9.06. The minimum absolute atomic E-state index is 0.00277. The molecular weight excluding hydrogens is 1600 g/mol. The van der Waals surface area contributed by atoms with Crippen molar-refractivity contribution < 1.29 is 26.5 Å². The standard InChI is InChI=1S/C46H28O2.C41H26O2.C38H28O2/c1-3-15-29(16-4-1)41-33-21-9-10-22-34(33)42(30-17-5-2-6-18-30)46-44(40-28-32-20-8-14-26-38(32)48-40)36-24-12-11-23-35(36)43(45(41)46)39-27-31-19-7-13-25-37(31)47-39;1-25-29-17-7-8-18-30(29)38(26-13-3-2-4-14-26)41-37(25)39(35-23-27-15-5-11-21-33(27)42-35)31-19-9-10-20-32(31)40(41)36-24-28-16-6-12-22-34(28)43-36;1-38(2,3)27-16-17-28-31(22-27)37(35-21-26-13-7-9-15-33(26)40-35)30-19-24-11-5-4-10-23(24)18-29(30)36(28)34-20-25-12-6-8-14-32(25)39-34/h1-28H;2-24H,1H3;4-22H,1-3H3. The maximum Gasteiger partial charge on any atom is 0.136 e. The molecule has 0 N–H and O–H groups in total. The van der Waals surface area contributed by atoms with Crippen LogP contribution < -0.4 is 0 Å². The second kappa shape index (κ2) is 30.8.